The summed E-state index contributed by atoms with van der Waals surface area (Å²) in [5.74, 6) is 0. The summed E-state index contributed by atoms with van der Waals surface area (Å²) in [4.78, 5) is 3.56. The van der Waals surface area contributed by atoms with Crippen molar-refractivity contribution in [1.82, 2.24) is 0 Å². The van der Waals surface area contributed by atoms with Gasteiger partial charge in [-0.05, 0) is 13.8 Å². The monoisotopic (exact) mass is 169 g/mol. The maximum atomic E-state index is 11.5. The number of rotatable bonds is 2. The predicted octanol–water partition coefficient (Wildman–Crippen LogP) is 2.00. The Bertz CT molecular complexity index is 152. The lowest BCUT2D eigenvalue weighted by atomic mass is 10.3. The molecular formula is C6H10F3NO. The predicted molar refractivity (Wildman–Crippen MR) is 35.6 cm³/mol. The number of ether oxygens (including phenoxy) is 1. The minimum absolute atomic E-state index is 0.322. The summed E-state index contributed by atoms with van der Waals surface area (Å²) in [5.41, 5.74) is 0.322. The number of hydrogen-bond acceptors (Lipinski definition) is 2. The van der Waals surface area contributed by atoms with Gasteiger partial charge in [-0.3, -0.25) is 9.73 Å². The van der Waals surface area contributed by atoms with Crippen LogP contribution < -0.4 is 0 Å². The van der Waals surface area contributed by atoms with Crippen LogP contribution in [-0.2, 0) is 4.74 Å². The first-order valence-corrected chi connectivity index (χ1v) is 3.04. The Morgan fingerprint density at radius 3 is 2.18 bits per heavy atom. The largest absolute Gasteiger partial charge is 0.523 e. The van der Waals surface area contributed by atoms with Crippen LogP contribution in [0, 0.1) is 0 Å². The highest BCUT2D eigenvalue weighted by molar-refractivity contribution is 5.85. The summed E-state index contributed by atoms with van der Waals surface area (Å²) in [7, 11) is 1.42. The van der Waals surface area contributed by atoms with Crippen LogP contribution in [0.4, 0.5) is 13.2 Å². The molecule has 0 N–H and O–H groups in total. The van der Waals surface area contributed by atoms with Crippen molar-refractivity contribution < 1.29 is 17.9 Å². The van der Waals surface area contributed by atoms with Gasteiger partial charge < -0.3 is 0 Å². The van der Waals surface area contributed by atoms with E-state index in [9.17, 15) is 13.2 Å². The second kappa shape index (κ2) is 3.71. The third-order valence-electron chi connectivity index (χ3n) is 1.25. The molecule has 0 aliphatic heterocycles. The molecule has 0 saturated heterocycles. The molecule has 0 aromatic rings. The molecule has 0 spiro atoms. The normalized spacial score (nSPS) is 16.7. The molecule has 11 heavy (non-hydrogen) atoms. The summed E-state index contributed by atoms with van der Waals surface area (Å²) in [6.45, 7) is 2.78. The maximum absolute atomic E-state index is 11.5. The van der Waals surface area contributed by atoms with E-state index in [4.69, 9.17) is 0 Å². The second-order valence-corrected chi connectivity index (χ2v) is 2.07. The van der Waals surface area contributed by atoms with Gasteiger partial charge in [-0.25, -0.2) is 0 Å². The first-order valence-electron chi connectivity index (χ1n) is 3.04. The molecule has 1 atom stereocenters. The van der Waals surface area contributed by atoms with Crippen molar-refractivity contribution in [3.05, 3.63) is 0 Å². The van der Waals surface area contributed by atoms with Gasteiger partial charge >= 0.3 is 6.36 Å². The molecule has 0 amide bonds. The van der Waals surface area contributed by atoms with Crippen molar-refractivity contribution in [1.29, 1.82) is 0 Å². The van der Waals surface area contributed by atoms with Gasteiger partial charge in [0.1, 0.15) is 6.10 Å². The van der Waals surface area contributed by atoms with Crippen LogP contribution >= 0.6 is 0 Å². The first kappa shape index (κ1) is 10.4. The van der Waals surface area contributed by atoms with Crippen LogP contribution in [0.2, 0.25) is 0 Å². The fourth-order valence-corrected chi connectivity index (χ4v) is 0.468. The summed E-state index contributed by atoms with van der Waals surface area (Å²) in [6, 6.07) is 0. The number of aliphatic imine (C=N–C) groups is 1. The molecular weight excluding hydrogens is 159 g/mol. The van der Waals surface area contributed by atoms with Crippen LogP contribution in [0.15, 0.2) is 4.99 Å². The lowest BCUT2D eigenvalue weighted by Gasteiger charge is -2.13. The Morgan fingerprint density at radius 1 is 1.45 bits per heavy atom. The molecule has 5 heteroatoms. The molecule has 0 bridgehead atoms. The van der Waals surface area contributed by atoms with Gasteiger partial charge in [0.25, 0.3) is 0 Å². The van der Waals surface area contributed by atoms with E-state index in [1.807, 2.05) is 0 Å². The zero-order valence-corrected chi connectivity index (χ0v) is 6.57. The number of nitrogens with zero attached hydrogens (tertiary/aromatic N) is 1. The molecule has 1 unspecified atom stereocenters. The fraction of sp³-hybridized carbons (Fsp3) is 0.833. The fourth-order valence-electron chi connectivity index (χ4n) is 0.468. The van der Waals surface area contributed by atoms with E-state index in [2.05, 4.69) is 9.73 Å². The highest BCUT2D eigenvalue weighted by atomic mass is 19.4. The van der Waals surface area contributed by atoms with Crippen molar-refractivity contribution in [2.45, 2.75) is 26.3 Å². The van der Waals surface area contributed by atoms with Gasteiger partial charge in [-0.1, -0.05) is 0 Å². The molecule has 0 saturated carbocycles. The third kappa shape index (κ3) is 4.78. The topological polar surface area (TPSA) is 21.6 Å². The Morgan fingerprint density at radius 2 is 1.91 bits per heavy atom. The minimum Gasteiger partial charge on any atom is -0.295 e. The van der Waals surface area contributed by atoms with Crippen LogP contribution in [0.1, 0.15) is 13.8 Å². The van der Waals surface area contributed by atoms with Gasteiger partial charge in [0.2, 0.25) is 0 Å². The molecule has 0 aromatic carbocycles. The van der Waals surface area contributed by atoms with E-state index in [0.29, 0.717) is 5.71 Å². The zero-order chi connectivity index (χ0) is 9.07. The maximum Gasteiger partial charge on any atom is 0.523 e. The summed E-state index contributed by atoms with van der Waals surface area (Å²) in [5, 5.41) is 0. The SMILES string of the molecule is CN=C(C)C(C)OC(F)(F)F. The van der Waals surface area contributed by atoms with Crippen molar-refractivity contribution >= 4 is 5.71 Å². The number of alkyl halides is 3. The first-order chi connectivity index (χ1) is 4.87. The molecule has 0 heterocycles. The van der Waals surface area contributed by atoms with Crippen molar-refractivity contribution in [3.8, 4) is 0 Å². The molecule has 0 aromatic heterocycles. The summed E-state index contributed by atoms with van der Waals surface area (Å²) in [6.07, 6.45) is -5.58. The van der Waals surface area contributed by atoms with Gasteiger partial charge in [0, 0.05) is 12.8 Å². The van der Waals surface area contributed by atoms with Crippen LogP contribution in [0.3, 0.4) is 0 Å². The Kier molecular flexibility index (Phi) is 3.51. The highest BCUT2D eigenvalue weighted by Crippen LogP contribution is 2.18. The van der Waals surface area contributed by atoms with Gasteiger partial charge in [0.15, 0.2) is 0 Å². The standard InChI is InChI=1S/C6H10F3NO/c1-4(10-3)5(2)11-6(7,8)9/h5H,1-3H3. The van der Waals surface area contributed by atoms with Crippen molar-refractivity contribution in [2.75, 3.05) is 7.05 Å². The average Bonchev–Trinajstić information content (AvgIpc) is 1.82. The van der Waals surface area contributed by atoms with Crippen LogP contribution in [0.5, 0.6) is 0 Å². The zero-order valence-electron chi connectivity index (χ0n) is 6.57. The highest BCUT2D eigenvalue weighted by Gasteiger charge is 2.32. The molecule has 0 aliphatic carbocycles. The van der Waals surface area contributed by atoms with E-state index in [-0.39, 0.29) is 0 Å². The Balaban J connectivity index is 3.98. The molecule has 0 aliphatic rings. The molecule has 66 valence electrons. The van der Waals surface area contributed by atoms with Crippen LogP contribution in [0.25, 0.3) is 0 Å². The quantitative estimate of drug-likeness (QED) is 0.579. The van der Waals surface area contributed by atoms with Crippen LogP contribution in [-0.4, -0.2) is 25.2 Å². The van der Waals surface area contributed by atoms with Gasteiger partial charge in [-0.2, -0.15) is 0 Å². The number of halogens is 3. The van der Waals surface area contributed by atoms with E-state index in [1.54, 1.807) is 0 Å². The summed E-state index contributed by atoms with van der Waals surface area (Å²) < 4.78 is 38.2. The Hall–Kier alpha value is -0.580. The van der Waals surface area contributed by atoms with E-state index >= 15 is 0 Å². The third-order valence-corrected chi connectivity index (χ3v) is 1.25. The molecule has 0 rings (SSSR count). The summed E-state index contributed by atoms with van der Waals surface area (Å²) >= 11 is 0. The number of hydrogen-bond donors (Lipinski definition) is 0. The molecule has 0 radical (unpaired) electrons. The molecule has 0 fully saturated rings. The van der Waals surface area contributed by atoms with Gasteiger partial charge in [0.05, 0.1) is 0 Å². The lowest BCUT2D eigenvalue weighted by Crippen LogP contribution is -2.26. The smallest absolute Gasteiger partial charge is 0.295 e. The average molecular weight is 169 g/mol. The minimum atomic E-state index is -4.58. The van der Waals surface area contributed by atoms with Crippen molar-refractivity contribution in [3.63, 3.8) is 0 Å². The Labute approximate surface area is 63.1 Å². The lowest BCUT2D eigenvalue weighted by molar-refractivity contribution is -0.331. The molecule has 2 nitrogen and oxygen atoms in total. The van der Waals surface area contributed by atoms with Gasteiger partial charge in [-0.15, -0.1) is 13.2 Å². The second-order valence-electron chi connectivity index (χ2n) is 2.07. The van der Waals surface area contributed by atoms with E-state index in [0.717, 1.165) is 0 Å². The van der Waals surface area contributed by atoms with Crippen molar-refractivity contribution in [2.24, 2.45) is 4.99 Å². The van der Waals surface area contributed by atoms with E-state index in [1.165, 1.54) is 20.9 Å². The van der Waals surface area contributed by atoms with E-state index < -0.39 is 12.5 Å².